The molecular formula is C14H11NO7S. The average molecular weight is 337 g/mol. The Hall–Kier alpha value is -2.94. The highest BCUT2D eigenvalue weighted by atomic mass is 32.2. The SMILES string of the molecule is CS(=O)(=O)c1ccc(Oc2ccc(C(=O)O)cc2[N+](=O)[O-])cc1. The first-order valence-corrected chi connectivity index (χ1v) is 8.07. The quantitative estimate of drug-likeness (QED) is 0.656. The number of benzene rings is 2. The van der Waals surface area contributed by atoms with Crippen LogP contribution in [0.4, 0.5) is 5.69 Å². The monoisotopic (exact) mass is 337 g/mol. The van der Waals surface area contributed by atoms with Crippen molar-refractivity contribution in [2.45, 2.75) is 4.90 Å². The van der Waals surface area contributed by atoms with Gasteiger partial charge in [-0.2, -0.15) is 0 Å². The van der Waals surface area contributed by atoms with Crippen molar-refractivity contribution in [1.82, 2.24) is 0 Å². The maximum Gasteiger partial charge on any atom is 0.335 e. The third kappa shape index (κ3) is 3.83. The number of nitrogens with zero attached hydrogens (tertiary/aromatic N) is 1. The van der Waals surface area contributed by atoms with Crippen LogP contribution in [0.25, 0.3) is 0 Å². The molecule has 0 atom stereocenters. The van der Waals surface area contributed by atoms with Crippen LogP contribution < -0.4 is 4.74 Å². The number of ether oxygens (including phenoxy) is 1. The molecule has 2 aromatic rings. The molecule has 2 aromatic carbocycles. The molecule has 0 aliphatic carbocycles. The summed E-state index contributed by atoms with van der Waals surface area (Å²) < 4.78 is 28.1. The smallest absolute Gasteiger partial charge is 0.335 e. The van der Waals surface area contributed by atoms with E-state index in [1.54, 1.807) is 0 Å². The average Bonchev–Trinajstić information content (AvgIpc) is 2.46. The van der Waals surface area contributed by atoms with Crippen molar-refractivity contribution in [3.63, 3.8) is 0 Å². The van der Waals surface area contributed by atoms with Gasteiger partial charge in [-0.05, 0) is 36.4 Å². The Morgan fingerprint density at radius 3 is 2.26 bits per heavy atom. The van der Waals surface area contributed by atoms with Crippen LogP contribution in [-0.4, -0.2) is 30.7 Å². The molecule has 1 N–H and O–H groups in total. The highest BCUT2D eigenvalue weighted by Crippen LogP contribution is 2.32. The summed E-state index contributed by atoms with van der Waals surface area (Å²) in [6.07, 6.45) is 1.05. The lowest BCUT2D eigenvalue weighted by Gasteiger charge is -2.07. The van der Waals surface area contributed by atoms with Gasteiger partial charge in [0.25, 0.3) is 0 Å². The minimum absolute atomic E-state index is 0.0839. The molecule has 0 bridgehead atoms. The van der Waals surface area contributed by atoms with Crippen molar-refractivity contribution < 1.29 is 28.0 Å². The zero-order valence-corrected chi connectivity index (χ0v) is 12.6. The second-order valence-electron chi connectivity index (χ2n) is 4.59. The van der Waals surface area contributed by atoms with Crippen LogP contribution in [0.5, 0.6) is 11.5 Å². The standard InChI is InChI=1S/C14H11NO7S/c1-23(20,21)11-5-3-10(4-6-11)22-13-7-2-9(14(16)17)8-12(13)15(18)19/h2-8H,1H3,(H,16,17). The molecule has 0 spiro atoms. The summed E-state index contributed by atoms with van der Waals surface area (Å²) in [4.78, 5) is 21.2. The predicted octanol–water partition coefficient (Wildman–Crippen LogP) is 2.49. The van der Waals surface area contributed by atoms with Crippen LogP contribution in [0.2, 0.25) is 0 Å². The number of aromatic carboxylic acids is 1. The first-order valence-electron chi connectivity index (χ1n) is 6.18. The number of nitro groups is 1. The van der Waals surface area contributed by atoms with E-state index in [1.807, 2.05) is 0 Å². The molecule has 0 aromatic heterocycles. The lowest BCUT2D eigenvalue weighted by Crippen LogP contribution is -2.00. The number of nitro benzene ring substituents is 1. The molecule has 0 fully saturated rings. The molecule has 0 unspecified atom stereocenters. The maximum absolute atomic E-state index is 11.4. The molecule has 120 valence electrons. The Bertz CT molecular complexity index is 872. The first-order chi connectivity index (χ1) is 10.7. The summed E-state index contributed by atoms with van der Waals surface area (Å²) >= 11 is 0. The van der Waals surface area contributed by atoms with Gasteiger partial charge in [-0.1, -0.05) is 0 Å². The fraction of sp³-hybridized carbons (Fsp3) is 0.0714. The van der Waals surface area contributed by atoms with E-state index in [0.29, 0.717) is 0 Å². The van der Waals surface area contributed by atoms with Gasteiger partial charge in [0.2, 0.25) is 5.75 Å². The Balaban J connectivity index is 2.36. The summed E-state index contributed by atoms with van der Waals surface area (Å²) in [7, 11) is -3.36. The van der Waals surface area contributed by atoms with Gasteiger partial charge in [0, 0.05) is 12.3 Å². The van der Waals surface area contributed by atoms with Crippen LogP contribution in [0.15, 0.2) is 47.4 Å². The normalized spacial score (nSPS) is 11.0. The fourth-order valence-corrected chi connectivity index (χ4v) is 2.39. The molecule has 0 aliphatic rings. The molecule has 0 aliphatic heterocycles. The molecule has 2 rings (SSSR count). The molecule has 0 heterocycles. The Kier molecular flexibility index (Phi) is 4.32. The summed E-state index contributed by atoms with van der Waals surface area (Å²) in [6.45, 7) is 0. The van der Waals surface area contributed by atoms with Gasteiger partial charge < -0.3 is 9.84 Å². The third-order valence-corrected chi connectivity index (χ3v) is 4.01. The van der Waals surface area contributed by atoms with E-state index in [2.05, 4.69) is 0 Å². The number of carbonyl (C=O) groups is 1. The summed E-state index contributed by atoms with van der Waals surface area (Å²) in [5.74, 6) is -1.26. The zero-order valence-electron chi connectivity index (χ0n) is 11.8. The molecule has 0 saturated heterocycles. The molecule has 8 nitrogen and oxygen atoms in total. The molecule has 23 heavy (non-hydrogen) atoms. The van der Waals surface area contributed by atoms with E-state index in [-0.39, 0.29) is 22.0 Å². The van der Waals surface area contributed by atoms with Crippen LogP contribution in [0, 0.1) is 10.1 Å². The van der Waals surface area contributed by atoms with Crippen molar-refractivity contribution >= 4 is 21.5 Å². The largest absolute Gasteiger partial charge is 0.478 e. The summed E-state index contributed by atoms with van der Waals surface area (Å²) in [5.41, 5.74) is -0.742. The van der Waals surface area contributed by atoms with Crippen molar-refractivity contribution in [3.05, 3.63) is 58.1 Å². The number of carboxylic acid groups (broad SMARTS) is 1. The summed E-state index contributed by atoms with van der Waals surface area (Å²) in [5, 5.41) is 19.9. The van der Waals surface area contributed by atoms with Crippen molar-refractivity contribution in [1.29, 1.82) is 0 Å². The van der Waals surface area contributed by atoms with E-state index >= 15 is 0 Å². The van der Waals surface area contributed by atoms with Gasteiger partial charge in [-0.15, -0.1) is 0 Å². The van der Waals surface area contributed by atoms with E-state index in [9.17, 15) is 23.3 Å². The maximum atomic E-state index is 11.4. The van der Waals surface area contributed by atoms with Gasteiger partial charge in [-0.25, -0.2) is 13.2 Å². The van der Waals surface area contributed by atoms with Gasteiger partial charge in [0.15, 0.2) is 9.84 Å². The topological polar surface area (TPSA) is 124 Å². The lowest BCUT2D eigenvalue weighted by atomic mass is 10.2. The van der Waals surface area contributed by atoms with Gasteiger partial charge in [-0.3, -0.25) is 10.1 Å². The zero-order chi connectivity index (χ0) is 17.2. The second kappa shape index (κ2) is 6.05. The fourth-order valence-electron chi connectivity index (χ4n) is 1.76. The van der Waals surface area contributed by atoms with Crippen LogP contribution in [0.3, 0.4) is 0 Å². The van der Waals surface area contributed by atoms with E-state index in [0.717, 1.165) is 12.3 Å². The predicted molar refractivity (Wildman–Crippen MR) is 79.7 cm³/mol. The van der Waals surface area contributed by atoms with Crippen molar-refractivity contribution in [3.8, 4) is 11.5 Å². The minimum atomic E-state index is -3.36. The Morgan fingerprint density at radius 2 is 1.78 bits per heavy atom. The number of carboxylic acids is 1. The highest BCUT2D eigenvalue weighted by molar-refractivity contribution is 7.90. The van der Waals surface area contributed by atoms with Gasteiger partial charge in [0.1, 0.15) is 5.75 Å². The second-order valence-corrected chi connectivity index (χ2v) is 6.61. The van der Waals surface area contributed by atoms with Crippen LogP contribution in [0.1, 0.15) is 10.4 Å². The summed E-state index contributed by atoms with van der Waals surface area (Å²) in [6, 6.07) is 8.56. The third-order valence-electron chi connectivity index (χ3n) is 2.88. The highest BCUT2D eigenvalue weighted by Gasteiger charge is 2.19. The molecule has 0 radical (unpaired) electrons. The van der Waals surface area contributed by atoms with Crippen molar-refractivity contribution in [2.24, 2.45) is 0 Å². The van der Waals surface area contributed by atoms with Gasteiger partial charge >= 0.3 is 11.7 Å². The first kappa shape index (κ1) is 16.4. The van der Waals surface area contributed by atoms with Gasteiger partial charge in [0.05, 0.1) is 15.4 Å². The lowest BCUT2D eigenvalue weighted by molar-refractivity contribution is -0.385. The number of rotatable bonds is 5. The van der Waals surface area contributed by atoms with E-state index in [1.165, 1.54) is 36.4 Å². The number of hydrogen-bond donors (Lipinski definition) is 1. The number of hydrogen-bond acceptors (Lipinski definition) is 6. The van der Waals surface area contributed by atoms with Crippen molar-refractivity contribution in [2.75, 3.05) is 6.26 Å². The Morgan fingerprint density at radius 1 is 1.17 bits per heavy atom. The van der Waals surface area contributed by atoms with Crippen LogP contribution >= 0.6 is 0 Å². The van der Waals surface area contributed by atoms with E-state index < -0.39 is 26.4 Å². The molecule has 0 amide bonds. The van der Waals surface area contributed by atoms with E-state index in [4.69, 9.17) is 9.84 Å². The minimum Gasteiger partial charge on any atom is -0.478 e. The number of sulfone groups is 1. The Labute approximate surface area is 131 Å². The molecule has 9 heteroatoms. The molecule has 0 saturated carbocycles. The molecular weight excluding hydrogens is 326 g/mol. The van der Waals surface area contributed by atoms with Crippen LogP contribution in [-0.2, 0) is 9.84 Å².